The maximum Gasteiger partial charge on any atom is 0.238 e. The number of aromatic nitrogens is 5. The lowest BCUT2D eigenvalue weighted by molar-refractivity contribution is 0.162. The van der Waals surface area contributed by atoms with Gasteiger partial charge in [-0.3, -0.25) is 4.98 Å². The van der Waals surface area contributed by atoms with Gasteiger partial charge in [-0.05, 0) is 18.2 Å². The Bertz CT molecular complexity index is 1050. The molecule has 1 fully saturated rings. The number of hydrogen-bond donors (Lipinski definition) is 0. The molecule has 0 radical (unpaired) electrons. The van der Waals surface area contributed by atoms with Crippen LogP contribution < -0.4 is 9.04 Å². The summed E-state index contributed by atoms with van der Waals surface area (Å²) in [6.45, 7) is 0.652. The summed E-state index contributed by atoms with van der Waals surface area (Å²) in [6, 6.07) is 10.5. The molecule has 3 aromatic heterocycles. The normalized spacial score (nSPS) is 16.5. The largest absolute Gasteiger partial charge is 0.480 e. The standard InChI is InChI=1S/C17H18N6O4S/c1-26-17-6-5-15(19-20-17)23-14(13-4-2-3-7-18-13)12-16(21-23)22-8-9-27-10-11-28(22,24)25/h2-7,12H,8-11H2,1H3. The average Bonchev–Trinajstić information content (AvgIpc) is 3.07. The molecule has 0 bridgehead atoms. The van der Waals surface area contributed by atoms with Crippen molar-refractivity contribution in [2.24, 2.45) is 0 Å². The number of nitrogens with zero attached hydrogens (tertiary/aromatic N) is 6. The summed E-state index contributed by atoms with van der Waals surface area (Å²) in [6.07, 6.45) is 1.66. The third-order valence-corrected chi connectivity index (χ3v) is 5.92. The number of ether oxygens (including phenoxy) is 2. The van der Waals surface area contributed by atoms with E-state index in [1.54, 1.807) is 30.5 Å². The lowest BCUT2D eigenvalue weighted by atomic mass is 10.2. The molecule has 1 saturated heterocycles. The molecule has 0 N–H and O–H groups in total. The fourth-order valence-corrected chi connectivity index (χ4v) is 4.09. The Morgan fingerprint density at radius 2 is 2.00 bits per heavy atom. The molecular weight excluding hydrogens is 384 g/mol. The van der Waals surface area contributed by atoms with Crippen molar-refractivity contribution in [2.75, 3.05) is 36.9 Å². The monoisotopic (exact) mass is 402 g/mol. The van der Waals surface area contributed by atoms with Gasteiger partial charge in [-0.2, -0.15) is 0 Å². The molecule has 0 unspecified atom stereocenters. The van der Waals surface area contributed by atoms with E-state index in [0.717, 1.165) is 0 Å². The van der Waals surface area contributed by atoms with Gasteiger partial charge in [0.2, 0.25) is 15.9 Å². The Morgan fingerprint density at radius 1 is 1.11 bits per heavy atom. The first-order valence-electron chi connectivity index (χ1n) is 8.56. The van der Waals surface area contributed by atoms with Crippen molar-refractivity contribution in [3.05, 3.63) is 42.6 Å². The predicted molar refractivity (Wildman–Crippen MR) is 101 cm³/mol. The van der Waals surface area contributed by atoms with Gasteiger partial charge in [0.05, 0.1) is 44.0 Å². The first-order chi connectivity index (χ1) is 13.6. The van der Waals surface area contributed by atoms with Crippen LogP contribution in [0.1, 0.15) is 0 Å². The molecule has 4 heterocycles. The van der Waals surface area contributed by atoms with Gasteiger partial charge in [-0.25, -0.2) is 17.4 Å². The summed E-state index contributed by atoms with van der Waals surface area (Å²) in [5.41, 5.74) is 1.22. The van der Waals surface area contributed by atoms with Crippen LogP contribution in [0.25, 0.3) is 17.2 Å². The second kappa shape index (κ2) is 7.52. The Morgan fingerprint density at radius 3 is 2.71 bits per heavy atom. The minimum Gasteiger partial charge on any atom is -0.480 e. The fourth-order valence-electron chi connectivity index (χ4n) is 2.82. The first kappa shape index (κ1) is 18.3. The van der Waals surface area contributed by atoms with Gasteiger partial charge in [0.25, 0.3) is 0 Å². The van der Waals surface area contributed by atoms with E-state index in [1.165, 1.54) is 16.1 Å². The fraction of sp³-hybridized carbons (Fsp3) is 0.294. The van der Waals surface area contributed by atoms with Crippen LogP contribution in [-0.2, 0) is 14.8 Å². The van der Waals surface area contributed by atoms with Gasteiger partial charge < -0.3 is 9.47 Å². The highest BCUT2D eigenvalue weighted by atomic mass is 32.2. The predicted octanol–water partition coefficient (Wildman–Crippen LogP) is 0.899. The Labute approximate surface area is 161 Å². The maximum atomic E-state index is 12.6. The van der Waals surface area contributed by atoms with Crippen LogP contribution in [-0.4, -0.2) is 66.0 Å². The maximum absolute atomic E-state index is 12.6. The molecule has 146 valence electrons. The molecule has 4 rings (SSSR count). The Balaban J connectivity index is 1.84. The number of hydrogen-bond acceptors (Lipinski definition) is 8. The van der Waals surface area contributed by atoms with Gasteiger partial charge in [0.1, 0.15) is 0 Å². The van der Waals surface area contributed by atoms with E-state index >= 15 is 0 Å². The van der Waals surface area contributed by atoms with Crippen LogP contribution in [0.15, 0.2) is 42.6 Å². The molecule has 11 heteroatoms. The molecule has 10 nitrogen and oxygen atoms in total. The summed E-state index contributed by atoms with van der Waals surface area (Å²) in [4.78, 5) is 4.36. The van der Waals surface area contributed by atoms with E-state index in [4.69, 9.17) is 9.47 Å². The lowest BCUT2D eigenvalue weighted by Crippen LogP contribution is -2.33. The average molecular weight is 402 g/mol. The number of anilines is 1. The lowest BCUT2D eigenvalue weighted by Gasteiger charge is -2.18. The summed E-state index contributed by atoms with van der Waals surface area (Å²) >= 11 is 0. The molecule has 0 saturated carbocycles. The molecule has 1 aliphatic rings. The smallest absolute Gasteiger partial charge is 0.238 e. The van der Waals surface area contributed by atoms with Crippen LogP contribution in [0.2, 0.25) is 0 Å². The zero-order valence-corrected chi connectivity index (χ0v) is 15.9. The van der Waals surface area contributed by atoms with Crippen LogP contribution in [0, 0.1) is 0 Å². The quantitative estimate of drug-likeness (QED) is 0.633. The molecule has 0 aliphatic carbocycles. The summed E-state index contributed by atoms with van der Waals surface area (Å²) < 4.78 is 38.4. The molecule has 28 heavy (non-hydrogen) atoms. The number of pyridine rings is 1. The molecule has 1 aliphatic heterocycles. The van der Waals surface area contributed by atoms with Crippen molar-refractivity contribution in [3.63, 3.8) is 0 Å². The highest BCUT2D eigenvalue weighted by molar-refractivity contribution is 7.92. The van der Waals surface area contributed by atoms with Crippen molar-refractivity contribution >= 4 is 15.8 Å². The molecule has 0 aromatic carbocycles. The third-order valence-electron chi connectivity index (χ3n) is 4.19. The third kappa shape index (κ3) is 3.53. The van der Waals surface area contributed by atoms with E-state index < -0.39 is 10.0 Å². The number of rotatable bonds is 4. The van der Waals surface area contributed by atoms with Gasteiger partial charge in [-0.15, -0.1) is 15.3 Å². The van der Waals surface area contributed by atoms with Crippen molar-refractivity contribution < 1.29 is 17.9 Å². The van der Waals surface area contributed by atoms with E-state index in [2.05, 4.69) is 20.3 Å². The van der Waals surface area contributed by atoms with Gasteiger partial charge in [-0.1, -0.05) is 6.07 Å². The zero-order chi connectivity index (χ0) is 19.6. The molecule has 0 amide bonds. The summed E-state index contributed by atoms with van der Waals surface area (Å²) in [5.74, 6) is 0.962. The SMILES string of the molecule is COc1ccc(-n2nc(N3CCOCCS3(=O)=O)cc2-c2ccccn2)nn1. The van der Waals surface area contributed by atoms with Crippen LogP contribution in [0.5, 0.6) is 5.88 Å². The van der Waals surface area contributed by atoms with Crippen molar-refractivity contribution in [2.45, 2.75) is 0 Å². The van der Waals surface area contributed by atoms with Gasteiger partial charge in [0.15, 0.2) is 11.6 Å². The van der Waals surface area contributed by atoms with E-state index in [-0.39, 0.29) is 24.7 Å². The highest BCUT2D eigenvalue weighted by Gasteiger charge is 2.28. The zero-order valence-electron chi connectivity index (χ0n) is 15.1. The molecule has 0 spiro atoms. The van der Waals surface area contributed by atoms with Crippen LogP contribution in [0.3, 0.4) is 0 Å². The second-order valence-electron chi connectivity index (χ2n) is 5.95. The summed E-state index contributed by atoms with van der Waals surface area (Å²) in [7, 11) is -2.03. The van der Waals surface area contributed by atoms with Gasteiger partial charge in [0, 0.05) is 18.3 Å². The van der Waals surface area contributed by atoms with Crippen LogP contribution in [0.4, 0.5) is 5.82 Å². The molecule has 3 aromatic rings. The van der Waals surface area contributed by atoms with E-state index in [0.29, 0.717) is 29.7 Å². The molecular formula is C17H18N6O4S. The first-order valence-corrected chi connectivity index (χ1v) is 10.2. The summed E-state index contributed by atoms with van der Waals surface area (Å²) in [5, 5.41) is 12.6. The van der Waals surface area contributed by atoms with Crippen molar-refractivity contribution in [3.8, 4) is 23.1 Å². The van der Waals surface area contributed by atoms with Crippen LogP contribution >= 0.6 is 0 Å². The number of methoxy groups -OCH3 is 1. The number of sulfonamides is 1. The van der Waals surface area contributed by atoms with Crippen molar-refractivity contribution in [1.29, 1.82) is 0 Å². The molecule has 0 atom stereocenters. The topological polar surface area (TPSA) is 112 Å². The Hall–Kier alpha value is -3.05. The van der Waals surface area contributed by atoms with E-state index in [1.807, 2.05) is 12.1 Å². The Kier molecular flexibility index (Phi) is 4.92. The van der Waals surface area contributed by atoms with Crippen molar-refractivity contribution in [1.82, 2.24) is 25.0 Å². The minimum atomic E-state index is -3.54. The van der Waals surface area contributed by atoms with E-state index in [9.17, 15) is 8.42 Å². The van der Waals surface area contributed by atoms with Gasteiger partial charge >= 0.3 is 0 Å². The minimum absolute atomic E-state index is 0.0961. The highest BCUT2D eigenvalue weighted by Crippen LogP contribution is 2.27. The second-order valence-corrected chi connectivity index (χ2v) is 7.96.